The van der Waals surface area contributed by atoms with Crippen LogP contribution >= 0.6 is 0 Å². The van der Waals surface area contributed by atoms with Crippen LogP contribution < -0.4 is 10.2 Å². The Hall–Kier alpha value is -2.04. The third kappa shape index (κ3) is 5.74. The molecule has 0 bridgehead atoms. The van der Waals surface area contributed by atoms with E-state index >= 15 is 0 Å². The van der Waals surface area contributed by atoms with Crippen molar-refractivity contribution < 1.29 is 9.59 Å². The Kier molecular flexibility index (Phi) is 8.54. The average molecular weight is 402 g/mol. The summed E-state index contributed by atoms with van der Waals surface area (Å²) >= 11 is 0. The quantitative estimate of drug-likeness (QED) is 0.596. The summed E-state index contributed by atoms with van der Waals surface area (Å²) in [4.78, 5) is 29.7. The first-order valence-electron chi connectivity index (χ1n) is 11.2. The van der Waals surface area contributed by atoms with Gasteiger partial charge in [0.15, 0.2) is 0 Å². The van der Waals surface area contributed by atoms with Crippen LogP contribution in [0.5, 0.6) is 0 Å². The fraction of sp³-hybridized carbons (Fsp3) is 0.667. The van der Waals surface area contributed by atoms with Gasteiger partial charge in [-0.2, -0.15) is 0 Å². The summed E-state index contributed by atoms with van der Waals surface area (Å²) in [6, 6.07) is 6.22. The minimum Gasteiger partial charge on any atom is -0.377 e. The summed E-state index contributed by atoms with van der Waals surface area (Å²) in [7, 11) is 4.03. The average Bonchev–Trinajstić information content (AvgIpc) is 2.64. The van der Waals surface area contributed by atoms with E-state index < -0.39 is 0 Å². The van der Waals surface area contributed by atoms with Gasteiger partial charge in [-0.3, -0.25) is 9.59 Å². The van der Waals surface area contributed by atoms with Gasteiger partial charge in [0, 0.05) is 49.9 Å². The Morgan fingerprint density at radius 1 is 1.10 bits per heavy atom. The van der Waals surface area contributed by atoms with Gasteiger partial charge in [-0.15, -0.1) is 0 Å². The van der Waals surface area contributed by atoms with E-state index in [4.69, 9.17) is 0 Å². The van der Waals surface area contributed by atoms with Crippen molar-refractivity contribution in [2.75, 3.05) is 24.3 Å². The van der Waals surface area contributed by atoms with E-state index in [1.807, 2.05) is 37.2 Å². The summed E-state index contributed by atoms with van der Waals surface area (Å²) in [5, 5.41) is 3.08. The van der Waals surface area contributed by atoms with Crippen molar-refractivity contribution in [3.8, 4) is 0 Å². The van der Waals surface area contributed by atoms with Crippen molar-refractivity contribution in [3.05, 3.63) is 23.8 Å². The van der Waals surface area contributed by atoms with Crippen molar-refractivity contribution in [2.24, 2.45) is 11.8 Å². The van der Waals surface area contributed by atoms with E-state index in [-0.39, 0.29) is 29.7 Å². The van der Waals surface area contributed by atoms with Gasteiger partial charge in [-0.25, -0.2) is 0 Å². The highest BCUT2D eigenvalue weighted by Gasteiger charge is 2.27. The number of carbonyl (C=O) groups excluding carboxylic acids is 2. The van der Waals surface area contributed by atoms with Crippen molar-refractivity contribution in [1.29, 1.82) is 0 Å². The number of carbonyl (C=O) groups is 2. The number of anilines is 2. The predicted molar refractivity (Wildman–Crippen MR) is 121 cm³/mol. The maximum Gasteiger partial charge on any atom is 0.227 e. The molecular formula is C24H39N3O2. The van der Waals surface area contributed by atoms with Gasteiger partial charge in [-0.1, -0.05) is 27.2 Å². The van der Waals surface area contributed by atoms with Crippen LogP contribution in [0.15, 0.2) is 18.2 Å². The minimum absolute atomic E-state index is 0.0632. The summed E-state index contributed by atoms with van der Waals surface area (Å²) in [6.45, 7) is 8.98. The number of benzene rings is 1. The summed E-state index contributed by atoms with van der Waals surface area (Å²) < 4.78 is 0. The summed E-state index contributed by atoms with van der Waals surface area (Å²) in [5.74, 6) is 0.568. The molecule has 0 radical (unpaired) electrons. The molecule has 5 nitrogen and oxygen atoms in total. The Bertz CT molecular complexity index is 693. The number of hydrogen-bond acceptors (Lipinski definition) is 3. The molecule has 0 saturated heterocycles. The van der Waals surface area contributed by atoms with E-state index in [0.717, 1.165) is 55.5 Å². The van der Waals surface area contributed by atoms with Crippen LogP contribution in [0, 0.1) is 11.8 Å². The Balaban J connectivity index is 2.30. The monoisotopic (exact) mass is 401 g/mol. The second-order valence-corrected chi connectivity index (χ2v) is 8.59. The molecule has 2 rings (SSSR count). The van der Waals surface area contributed by atoms with Gasteiger partial charge in [0.2, 0.25) is 11.8 Å². The lowest BCUT2D eigenvalue weighted by molar-refractivity contribution is -0.138. The lowest BCUT2D eigenvalue weighted by Crippen LogP contribution is -2.41. The first kappa shape index (κ1) is 23.2. The summed E-state index contributed by atoms with van der Waals surface area (Å²) in [6.07, 6.45) is 5.76. The molecule has 29 heavy (non-hydrogen) atoms. The zero-order chi connectivity index (χ0) is 21.6. The molecular weight excluding hydrogens is 362 g/mol. The Morgan fingerprint density at radius 2 is 1.76 bits per heavy atom. The number of nitrogens with one attached hydrogen (secondary N) is 1. The maximum atomic E-state index is 13.2. The van der Waals surface area contributed by atoms with Crippen molar-refractivity contribution in [3.63, 3.8) is 0 Å². The van der Waals surface area contributed by atoms with Crippen LogP contribution in [0.1, 0.15) is 71.8 Å². The lowest BCUT2D eigenvalue weighted by atomic mass is 9.85. The standard InChI is InChI=1S/C24H39N3O2/c1-7-17(4)27(24(29)18(8-2)9-3)16-20-15-21(13-14-22(20)26(5)6)25-23(28)19-11-10-12-19/h13-15,17-19H,7-12,16H2,1-6H3,(H,25,28)/t17-/m1/s1. The molecule has 1 aromatic carbocycles. The van der Waals surface area contributed by atoms with Gasteiger partial charge >= 0.3 is 0 Å². The van der Waals surface area contributed by atoms with E-state index in [0.29, 0.717) is 6.54 Å². The molecule has 1 aromatic rings. The number of amides is 2. The van der Waals surface area contributed by atoms with Gasteiger partial charge in [0.1, 0.15) is 0 Å². The van der Waals surface area contributed by atoms with Crippen LogP contribution in [-0.4, -0.2) is 36.9 Å². The molecule has 1 aliphatic carbocycles. The zero-order valence-electron chi connectivity index (χ0n) is 19.1. The number of rotatable bonds is 10. The molecule has 1 atom stereocenters. The number of nitrogens with zero attached hydrogens (tertiary/aromatic N) is 2. The largest absolute Gasteiger partial charge is 0.377 e. The molecule has 0 aliphatic heterocycles. The molecule has 0 heterocycles. The highest BCUT2D eigenvalue weighted by molar-refractivity contribution is 5.93. The molecule has 1 aliphatic rings. The molecule has 5 heteroatoms. The van der Waals surface area contributed by atoms with E-state index in [9.17, 15) is 9.59 Å². The SMILES string of the molecule is CCC(CC)C(=O)N(Cc1cc(NC(=O)C2CCC2)ccc1N(C)C)[C@H](C)CC. The van der Waals surface area contributed by atoms with Gasteiger partial charge in [0.25, 0.3) is 0 Å². The predicted octanol–water partition coefficient (Wildman–Crippen LogP) is 5.05. The van der Waals surface area contributed by atoms with Crippen LogP contribution in [0.4, 0.5) is 11.4 Å². The highest BCUT2D eigenvalue weighted by atomic mass is 16.2. The normalized spacial score (nSPS) is 15.0. The molecule has 1 fully saturated rings. The van der Waals surface area contributed by atoms with Crippen LogP contribution in [-0.2, 0) is 16.1 Å². The van der Waals surface area contributed by atoms with Crippen molar-refractivity contribution >= 4 is 23.2 Å². The van der Waals surface area contributed by atoms with E-state index in [2.05, 4.69) is 37.9 Å². The third-order valence-electron chi connectivity index (χ3n) is 6.39. The first-order valence-corrected chi connectivity index (χ1v) is 11.2. The second-order valence-electron chi connectivity index (χ2n) is 8.59. The van der Waals surface area contributed by atoms with Crippen molar-refractivity contribution in [1.82, 2.24) is 4.90 Å². The Labute approximate surface area is 176 Å². The van der Waals surface area contributed by atoms with E-state index in [1.54, 1.807) is 0 Å². The molecule has 162 valence electrons. The van der Waals surface area contributed by atoms with Gasteiger partial charge < -0.3 is 15.1 Å². The molecule has 0 spiro atoms. The first-order chi connectivity index (χ1) is 13.8. The minimum atomic E-state index is 0.0632. The molecule has 2 amide bonds. The van der Waals surface area contributed by atoms with Crippen molar-refractivity contribution in [2.45, 2.75) is 78.8 Å². The highest BCUT2D eigenvalue weighted by Crippen LogP contribution is 2.30. The van der Waals surface area contributed by atoms with Crippen LogP contribution in [0.25, 0.3) is 0 Å². The molecule has 0 aromatic heterocycles. The molecule has 1 N–H and O–H groups in total. The maximum absolute atomic E-state index is 13.2. The third-order valence-corrected chi connectivity index (χ3v) is 6.39. The van der Waals surface area contributed by atoms with E-state index in [1.165, 1.54) is 0 Å². The van der Waals surface area contributed by atoms with Gasteiger partial charge in [-0.05, 0) is 62.8 Å². The zero-order valence-corrected chi connectivity index (χ0v) is 19.1. The fourth-order valence-electron chi connectivity index (χ4n) is 3.87. The van der Waals surface area contributed by atoms with Gasteiger partial charge in [0.05, 0.1) is 0 Å². The van der Waals surface area contributed by atoms with Crippen LogP contribution in [0.3, 0.4) is 0 Å². The topological polar surface area (TPSA) is 52.7 Å². The Morgan fingerprint density at radius 3 is 2.24 bits per heavy atom. The lowest BCUT2D eigenvalue weighted by Gasteiger charge is -2.33. The summed E-state index contributed by atoms with van der Waals surface area (Å²) in [5.41, 5.74) is 2.97. The smallest absolute Gasteiger partial charge is 0.227 e. The molecule has 0 unspecified atom stereocenters. The molecule has 1 saturated carbocycles. The second kappa shape index (κ2) is 10.7. The van der Waals surface area contributed by atoms with Crippen LogP contribution in [0.2, 0.25) is 0 Å². The number of hydrogen-bond donors (Lipinski definition) is 1. The fourth-order valence-corrected chi connectivity index (χ4v) is 3.87.